The number of aliphatic hydroxyl groups is 2. The summed E-state index contributed by atoms with van der Waals surface area (Å²) < 4.78 is 5.65. The van der Waals surface area contributed by atoms with E-state index in [2.05, 4.69) is 6.58 Å². The minimum absolute atomic E-state index is 0.0335. The van der Waals surface area contributed by atoms with Crippen LogP contribution < -0.4 is 0 Å². The minimum atomic E-state index is -0.795. The highest BCUT2D eigenvalue weighted by atomic mass is 16.5. The standard InChI is InChI=1S/C10H18O3/c1-7(2)8-4-5-10(3,13-8)9(12)6-11/h8-9,11-12H,1,4-6H2,2-3H3. The fourth-order valence-corrected chi connectivity index (χ4v) is 1.65. The lowest BCUT2D eigenvalue weighted by Gasteiger charge is -2.29. The molecule has 1 saturated heterocycles. The van der Waals surface area contributed by atoms with Crippen molar-refractivity contribution in [1.29, 1.82) is 0 Å². The van der Waals surface area contributed by atoms with Crippen LogP contribution >= 0.6 is 0 Å². The number of ether oxygens (including phenoxy) is 1. The van der Waals surface area contributed by atoms with Crippen molar-refractivity contribution < 1.29 is 14.9 Å². The molecular weight excluding hydrogens is 168 g/mol. The van der Waals surface area contributed by atoms with E-state index in [9.17, 15) is 5.11 Å². The van der Waals surface area contributed by atoms with E-state index in [-0.39, 0.29) is 12.7 Å². The van der Waals surface area contributed by atoms with E-state index < -0.39 is 11.7 Å². The SMILES string of the molecule is C=C(C)C1CCC(C)(C(O)CO)O1. The van der Waals surface area contributed by atoms with Crippen molar-refractivity contribution in [3.05, 3.63) is 12.2 Å². The third-order valence-electron chi connectivity index (χ3n) is 2.74. The molecule has 1 fully saturated rings. The van der Waals surface area contributed by atoms with Gasteiger partial charge in [0.15, 0.2) is 0 Å². The van der Waals surface area contributed by atoms with Crippen LogP contribution in [0.25, 0.3) is 0 Å². The Kier molecular flexibility index (Phi) is 3.11. The molecule has 2 N–H and O–H groups in total. The van der Waals surface area contributed by atoms with E-state index in [1.165, 1.54) is 0 Å². The van der Waals surface area contributed by atoms with Gasteiger partial charge in [-0.15, -0.1) is 0 Å². The zero-order valence-corrected chi connectivity index (χ0v) is 8.29. The minimum Gasteiger partial charge on any atom is -0.394 e. The normalized spacial score (nSPS) is 36.2. The molecule has 3 atom stereocenters. The van der Waals surface area contributed by atoms with Crippen molar-refractivity contribution in [1.82, 2.24) is 0 Å². The molecule has 0 spiro atoms. The smallest absolute Gasteiger partial charge is 0.106 e. The molecule has 3 heteroatoms. The molecule has 13 heavy (non-hydrogen) atoms. The van der Waals surface area contributed by atoms with Crippen LogP contribution in [0.2, 0.25) is 0 Å². The molecule has 0 bridgehead atoms. The van der Waals surface area contributed by atoms with Crippen molar-refractivity contribution in [3.8, 4) is 0 Å². The Balaban J connectivity index is 2.60. The van der Waals surface area contributed by atoms with Crippen LogP contribution in [0, 0.1) is 0 Å². The number of aliphatic hydroxyl groups excluding tert-OH is 2. The Morgan fingerprint density at radius 2 is 2.38 bits per heavy atom. The van der Waals surface area contributed by atoms with Gasteiger partial charge < -0.3 is 14.9 Å². The average molecular weight is 186 g/mol. The fraction of sp³-hybridized carbons (Fsp3) is 0.800. The first-order valence-electron chi connectivity index (χ1n) is 4.62. The number of hydrogen-bond acceptors (Lipinski definition) is 3. The lowest BCUT2D eigenvalue weighted by atomic mass is 9.95. The molecule has 0 aromatic rings. The van der Waals surface area contributed by atoms with Crippen molar-refractivity contribution in [3.63, 3.8) is 0 Å². The molecule has 0 aromatic heterocycles. The van der Waals surface area contributed by atoms with Crippen LogP contribution in [-0.4, -0.2) is 34.6 Å². The number of hydrogen-bond donors (Lipinski definition) is 2. The quantitative estimate of drug-likeness (QED) is 0.642. The summed E-state index contributed by atoms with van der Waals surface area (Å²) in [5.41, 5.74) is 0.382. The van der Waals surface area contributed by atoms with Crippen LogP contribution in [0.1, 0.15) is 26.7 Å². The Labute approximate surface area is 79.0 Å². The maximum atomic E-state index is 9.51. The topological polar surface area (TPSA) is 49.7 Å². The predicted octanol–water partition coefficient (Wildman–Crippen LogP) is 0.853. The second-order valence-electron chi connectivity index (χ2n) is 4.00. The molecule has 0 radical (unpaired) electrons. The maximum absolute atomic E-state index is 9.51. The summed E-state index contributed by atoms with van der Waals surface area (Å²) in [6.07, 6.45) is 0.887. The van der Waals surface area contributed by atoms with Crippen LogP contribution in [-0.2, 0) is 4.74 Å². The molecule has 0 aromatic carbocycles. The van der Waals surface area contributed by atoms with E-state index in [1.54, 1.807) is 0 Å². The van der Waals surface area contributed by atoms with Gasteiger partial charge >= 0.3 is 0 Å². The molecule has 1 aliphatic heterocycles. The van der Waals surface area contributed by atoms with Crippen LogP contribution in [0.5, 0.6) is 0 Å². The molecule has 1 rings (SSSR count). The first-order chi connectivity index (χ1) is 5.99. The molecule has 1 aliphatic rings. The van der Waals surface area contributed by atoms with Gasteiger partial charge in [-0.3, -0.25) is 0 Å². The summed E-state index contributed by atoms with van der Waals surface area (Å²) in [6, 6.07) is 0. The third-order valence-corrected chi connectivity index (χ3v) is 2.74. The predicted molar refractivity (Wildman–Crippen MR) is 50.4 cm³/mol. The van der Waals surface area contributed by atoms with Crippen molar-refractivity contribution in [2.75, 3.05) is 6.61 Å². The second kappa shape index (κ2) is 3.78. The second-order valence-corrected chi connectivity index (χ2v) is 4.00. The molecule has 0 saturated carbocycles. The molecule has 76 valence electrons. The Bertz CT molecular complexity index is 202. The molecular formula is C10H18O3. The summed E-state index contributed by atoms with van der Waals surface area (Å²) in [4.78, 5) is 0. The van der Waals surface area contributed by atoms with Crippen LogP contribution in [0.15, 0.2) is 12.2 Å². The third kappa shape index (κ3) is 2.10. The van der Waals surface area contributed by atoms with E-state index >= 15 is 0 Å². The summed E-state index contributed by atoms with van der Waals surface area (Å²) in [5.74, 6) is 0. The lowest BCUT2D eigenvalue weighted by Crippen LogP contribution is -2.41. The first-order valence-corrected chi connectivity index (χ1v) is 4.62. The van der Waals surface area contributed by atoms with E-state index in [0.717, 1.165) is 18.4 Å². The van der Waals surface area contributed by atoms with Gasteiger partial charge in [0, 0.05) is 0 Å². The van der Waals surface area contributed by atoms with E-state index in [4.69, 9.17) is 9.84 Å². The monoisotopic (exact) mass is 186 g/mol. The maximum Gasteiger partial charge on any atom is 0.106 e. The number of rotatable bonds is 3. The summed E-state index contributed by atoms with van der Waals surface area (Å²) in [6.45, 7) is 7.32. The largest absolute Gasteiger partial charge is 0.394 e. The van der Waals surface area contributed by atoms with Crippen molar-refractivity contribution in [2.45, 2.75) is 44.5 Å². The molecule has 0 amide bonds. The Morgan fingerprint density at radius 1 is 1.77 bits per heavy atom. The van der Waals surface area contributed by atoms with Crippen molar-refractivity contribution >= 4 is 0 Å². The van der Waals surface area contributed by atoms with Gasteiger partial charge in [-0.25, -0.2) is 0 Å². The van der Waals surface area contributed by atoms with Gasteiger partial charge in [0.25, 0.3) is 0 Å². The summed E-state index contributed by atoms with van der Waals surface area (Å²) >= 11 is 0. The van der Waals surface area contributed by atoms with Gasteiger partial charge in [-0.2, -0.15) is 0 Å². The lowest BCUT2D eigenvalue weighted by molar-refractivity contribution is -0.111. The zero-order chi connectivity index (χ0) is 10.1. The van der Waals surface area contributed by atoms with Gasteiger partial charge in [0.05, 0.1) is 18.3 Å². The van der Waals surface area contributed by atoms with Crippen molar-refractivity contribution in [2.24, 2.45) is 0 Å². The fourth-order valence-electron chi connectivity index (χ4n) is 1.65. The Hall–Kier alpha value is -0.380. The molecule has 0 aliphatic carbocycles. The van der Waals surface area contributed by atoms with Gasteiger partial charge in [-0.1, -0.05) is 12.2 Å². The van der Waals surface area contributed by atoms with E-state index in [0.29, 0.717) is 0 Å². The molecule has 1 heterocycles. The van der Waals surface area contributed by atoms with E-state index in [1.807, 2.05) is 13.8 Å². The molecule has 3 nitrogen and oxygen atoms in total. The first kappa shape index (κ1) is 10.7. The van der Waals surface area contributed by atoms with Gasteiger partial charge in [-0.05, 0) is 26.7 Å². The zero-order valence-electron chi connectivity index (χ0n) is 8.29. The highest BCUT2D eigenvalue weighted by molar-refractivity contribution is 5.04. The highest BCUT2D eigenvalue weighted by Crippen LogP contribution is 2.35. The van der Waals surface area contributed by atoms with Crippen LogP contribution in [0.4, 0.5) is 0 Å². The Morgan fingerprint density at radius 3 is 2.77 bits per heavy atom. The average Bonchev–Trinajstić information content (AvgIpc) is 2.48. The summed E-state index contributed by atoms with van der Waals surface area (Å²) in [5, 5.41) is 18.3. The highest BCUT2D eigenvalue weighted by Gasteiger charge is 2.41. The van der Waals surface area contributed by atoms with Crippen LogP contribution in [0.3, 0.4) is 0 Å². The summed E-state index contributed by atoms with van der Waals surface area (Å²) in [7, 11) is 0. The molecule has 3 unspecified atom stereocenters. The van der Waals surface area contributed by atoms with Gasteiger partial charge in [0.1, 0.15) is 6.10 Å². The van der Waals surface area contributed by atoms with Gasteiger partial charge in [0.2, 0.25) is 0 Å².